The molecule has 3 aliphatic rings. The summed E-state index contributed by atoms with van der Waals surface area (Å²) in [6, 6.07) is 0. The van der Waals surface area contributed by atoms with E-state index in [-0.39, 0.29) is 0 Å². The number of rotatable bonds is 3. The lowest BCUT2D eigenvalue weighted by atomic mass is 9.59. The number of hydrogen-bond donors (Lipinski definition) is 0. The minimum Gasteiger partial charge on any atom is -0.0533 e. The largest absolute Gasteiger partial charge is 0.0533 e. The summed E-state index contributed by atoms with van der Waals surface area (Å²) in [5.74, 6) is 3.28. The summed E-state index contributed by atoms with van der Waals surface area (Å²) in [5.41, 5.74) is 0.655. The van der Waals surface area contributed by atoms with Crippen LogP contribution in [0.4, 0.5) is 0 Å². The minimum atomic E-state index is 0.655. The van der Waals surface area contributed by atoms with Gasteiger partial charge in [-0.1, -0.05) is 64.7 Å². The first-order chi connectivity index (χ1) is 9.33. The Labute approximate surface area is 120 Å². The normalized spacial score (nSPS) is 38.7. The quantitative estimate of drug-likeness (QED) is 0.571. The predicted molar refractivity (Wildman–Crippen MR) is 82.9 cm³/mol. The second kappa shape index (κ2) is 6.19. The van der Waals surface area contributed by atoms with Crippen molar-refractivity contribution in [3.63, 3.8) is 0 Å². The van der Waals surface area contributed by atoms with E-state index in [0.29, 0.717) is 5.41 Å². The highest BCUT2D eigenvalue weighted by atomic mass is 14.4. The predicted octanol–water partition coefficient (Wildman–Crippen LogP) is 6.16. The summed E-state index contributed by atoms with van der Waals surface area (Å²) >= 11 is 0. The minimum absolute atomic E-state index is 0.655. The highest BCUT2D eigenvalue weighted by molar-refractivity contribution is 4.92. The van der Waals surface area contributed by atoms with Crippen molar-refractivity contribution in [2.24, 2.45) is 23.2 Å². The first-order valence-corrected chi connectivity index (χ1v) is 9.12. The standard InChI is InChI=1S/C19H33/c1-2-19(13-6-3-7-14-19)15-17-11-8-10-16-9-4-5-12-18(16)17/h16-18H,1-15H2. The second-order valence-corrected chi connectivity index (χ2v) is 7.91. The lowest BCUT2D eigenvalue weighted by Gasteiger charge is -2.47. The van der Waals surface area contributed by atoms with Gasteiger partial charge in [0.05, 0.1) is 0 Å². The third-order valence-corrected chi connectivity index (χ3v) is 6.86. The molecule has 0 aromatic carbocycles. The summed E-state index contributed by atoms with van der Waals surface area (Å²) in [5, 5.41) is 0. The smallest absolute Gasteiger partial charge is 0.0295 e. The van der Waals surface area contributed by atoms with Crippen LogP contribution in [0.3, 0.4) is 0 Å². The van der Waals surface area contributed by atoms with E-state index in [1.807, 2.05) is 0 Å². The van der Waals surface area contributed by atoms with Crippen molar-refractivity contribution in [2.45, 2.75) is 89.9 Å². The Kier molecular flexibility index (Phi) is 4.54. The van der Waals surface area contributed by atoms with Crippen molar-refractivity contribution < 1.29 is 0 Å². The maximum atomic E-state index is 4.35. The van der Waals surface area contributed by atoms with E-state index in [4.69, 9.17) is 0 Å². The molecule has 3 aliphatic carbocycles. The molecule has 0 N–H and O–H groups in total. The van der Waals surface area contributed by atoms with Crippen molar-refractivity contribution >= 4 is 0 Å². The van der Waals surface area contributed by atoms with E-state index in [1.54, 1.807) is 25.7 Å². The molecule has 0 nitrogen and oxygen atoms in total. The van der Waals surface area contributed by atoms with Gasteiger partial charge in [0.25, 0.3) is 0 Å². The number of hydrogen-bond acceptors (Lipinski definition) is 0. The first kappa shape index (κ1) is 14.0. The Morgan fingerprint density at radius 1 is 0.789 bits per heavy atom. The zero-order valence-electron chi connectivity index (χ0n) is 12.8. The highest BCUT2D eigenvalue weighted by Gasteiger charge is 2.40. The molecule has 0 aromatic rings. The summed E-state index contributed by atoms with van der Waals surface area (Å²) in [6.07, 6.45) is 21.0. The van der Waals surface area contributed by atoms with Crippen molar-refractivity contribution in [3.05, 3.63) is 6.92 Å². The van der Waals surface area contributed by atoms with E-state index in [1.165, 1.54) is 64.2 Å². The molecule has 3 saturated carbocycles. The van der Waals surface area contributed by atoms with E-state index in [0.717, 1.165) is 17.8 Å². The Hall–Kier alpha value is 0. The van der Waals surface area contributed by atoms with Gasteiger partial charge in [0.15, 0.2) is 0 Å². The molecule has 3 fully saturated rings. The van der Waals surface area contributed by atoms with Gasteiger partial charge in [-0.15, -0.1) is 0 Å². The zero-order valence-corrected chi connectivity index (χ0v) is 12.8. The highest BCUT2D eigenvalue weighted by Crippen LogP contribution is 2.51. The first-order valence-electron chi connectivity index (χ1n) is 9.12. The molecule has 0 saturated heterocycles. The van der Waals surface area contributed by atoms with Crippen molar-refractivity contribution in [1.82, 2.24) is 0 Å². The summed E-state index contributed by atoms with van der Waals surface area (Å²) in [7, 11) is 0. The molecule has 0 bridgehead atoms. The zero-order chi connectivity index (χ0) is 13.1. The Morgan fingerprint density at radius 3 is 2.32 bits per heavy atom. The van der Waals surface area contributed by atoms with Gasteiger partial charge in [-0.05, 0) is 55.3 Å². The second-order valence-electron chi connectivity index (χ2n) is 7.91. The lowest BCUT2D eigenvalue weighted by Crippen LogP contribution is -2.36. The van der Waals surface area contributed by atoms with Gasteiger partial charge in [-0.2, -0.15) is 0 Å². The number of fused-ring (bicyclic) bond motifs is 1. The molecular formula is C19H33. The third-order valence-electron chi connectivity index (χ3n) is 6.86. The summed E-state index contributed by atoms with van der Waals surface area (Å²) < 4.78 is 0. The summed E-state index contributed by atoms with van der Waals surface area (Å²) in [6.45, 7) is 4.35. The molecule has 0 aromatic heterocycles. The molecule has 109 valence electrons. The molecule has 19 heavy (non-hydrogen) atoms. The molecule has 0 amide bonds. The molecule has 0 heteroatoms. The molecular weight excluding hydrogens is 228 g/mol. The maximum absolute atomic E-state index is 4.35. The van der Waals surface area contributed by atoms with Crippen LogP contribution in [-0.4, -0.2) is 0 Å². The van der Waals surface area contributed by atoms with Crippen LogP contribution < -0.4 is 0 Å². The third kappa shape index (κ3) is 3.03. The molecule has 0 spiro atoms. The topological polar surface area (TPSA) is 0 Å². The van der Waals surface area contributed by atoms with Crippen LogP contribution in [0.2, 0.25) is 0 Å². The van der Waals surface area contributed by atoms with E-state index >= 15 is 0 Å². The van der Waals surface area contributed by atoms with Gasteiger partial charge < -0.3 is 0 Å². The fraction of sp³-hybridized carbons (Fsp3) is 0.947. The lowest BCUT2D eigenvalue weighted by molar-refractivity contribution is 0.0460. The van der Waals surface area contributed by atoms with E-state index < -0.39 is 0 Å². The van der Waals surface area contributed by atoms with Crippen LogP contribution in [0, 0.1) is 30.1 Å². The Balaban J connectivity index is 1.66. The van der Waals surface area contributed by atoms with Gasteiger partial charge in [-0.3, -0.25) is 0 Å². The van der Waals surface area contributed by atoms with Crippen LogP contribution in [0.25, 0.3) is 0 Å². The van der Waals surface area contributed by atoms with Crippen molar-refractivity contribution in [2.75, 3.05) is 0 Å². The summed E-state index contributed by atoms with van der Waals surface area (Å²) in [4.78, 5) is 0. The SMILES string of the molecule is [CH2]CC1(CC2CCCC3CCCCC32)CCCCC1. The van der Waals surface area contributed by atoms with Crippen molar-refractivity contribution in [1.29, 1.82) is 0 Å². The molecule has 0 heterocycles. The Bertz CT molecular complexity index is 272. The van der Waals surface area contributed by atoms with Crippen molar-refractivity contribution in [3.8, 4) is 0 Å². The fourth-order valence-electron chi connectivity index (χ4n) is 5.74. The average molecular weight is 261 g/mol. The van der Waals surface area contributed by atoms with Crippen LogP contribution in [0.5, 0.6) is 0 Å². The average Bonchev–Trinajstić information content (AvgIpc) is 2.49. The maximum Gasteiger partial charge on any atom is -0.0295 e. The monoisotopic (exact) mass is 261 g/mol. The Morgan fingerprint density at radius 2 is 1.53 bits per heavy atom. The van der Waals surface area contributed by atoms with Crippen LogP contribution in [-0.2, 0) is 0 Å². The van der Waals surface area contributed by atoms with Gasteiger partial charge in [0.1, 0.15) is 0 Å². The van der Waals surface area contributed by atoms with Gasteiger partial charge in [0, 0.05) is 0 Å². The fourth-order valence-corrected chi connectivity index (χ4v) is 5.74. The molecule has 3 atom stereocenters. The molecule has 3 rings (SSSR count). The molecule has 0 aliphatic heterocycles. The van der Waals surface area contributed by atoms with Gasteiger partial charge >= 0.3 is 0 Å². The van der Waals surface area contributed by atoms with Gasteiger partial charge in [0.2, 0.25) is 0 Å². The van der Waals surface area contributed by atoms with Crippen LogP contribution >= 0.6 is 0 Å². The van der Waals surface area contributed by atoms with Crippen LogP contribution in [0.1, 0.15) is 89.9 Å². The van der Waals surface area contributed by atoms with Crippen LogP contribution in [0.15, 0.2) is 0 Å². The van der Waals surface area contributed by atoms with Gasteiger partial charge in [-0.25, -0.2) is 0 Å². The molecule has 3 unspecified atom stereocenters. The van der Waals surface area contributed by atoms with E-state index in [2.05, 4.69) is 6.92 Å². The van der Waals surface area contributed by atoms with E-state index in [9.17, 15) is 0 Å². The molecule has 1 radical (unpaired) electrons.